The predicted molar refractivity (Wildman–Crippen MR) is 121 cm³/mol. The Labute approximate surface area is 190 Å². The number of esters is 1. The van der Waals surface area contributed by atoms with Crippen LogP contribution in [0.3, 0.4) is 0 Å². The van der Waals surface area contributed by atoms with Crippen LogP contribution in [0, 0.1) is 40.3 Å². The Hall–Kier alpha value is -2.23. The van der Waals surface area contributed by atoms with Crippen molar-refractivity contribution in [3.63, 3.8) is 0 Å². The van der Waals surface area contributed by atoms with Crippen LogP contribution >= 0.6 is 0 Å². The molecule has 0 N–H and O–H groups in total. The van der Waals surface area contributed by atoms with E-state index in [-0.39, 0.29) is 17.0 Å². The van der Waals surface area contributed by atoms with E-state index in [1.807, 2.05) is 6.08 Å². The molecule has 4 heteroatoms. The van der Waals surface area contributed by atoms with Gasteiger partial charge in [-0.05, 0) is 103 Å². The van der Waals surface area contributed by atoms with Gasteiger partial charge in [0, 0.05) is 11.1 Å². The van der Waals surface area contributed by atoms with Crippen LogP contribution in [0.5, 0.6) is 0 Å². The van der Waals surface area contributed by atoms with E-state index in [2.05, 4.69) is 19.9 Å². The van der Waals surface area contributed by atoms with Gasteiger partial charge in [0.25, 0.3) is 0 Å². The quantitative estimate of drug-likeness (QED) is 0.413. The average Bonchev–Trinajstić information content (AvgIpc) is 3.19. The Morgan fingerprint density at radius 1 is 1.06 bits per heavy atom. The van der Waals surface area contributed by atoms with Crippen molar-refractivity contribution in [1.29, 1.82) is 0 Å². The van der Waals surface area contributed by atoms with Crippen LogP contribution < -0.4 is 0 Å². The van der Waals surface area contributed by atoms with Crippen LogP contribution in [0.25, 0.3) is 0 Å². The molecule has 2 saturated carbocycles. The SMILES string of the molecule is COC(=O)C1=CC2=CC[C@H]3[C@@H]4CCC[C@@]4(C)CC[C@@H]3[C@@]2(C)CC1C(=O)c1ccc(F)cc1. The number of fused-ring (bicyclic) bond motifs is 5. The van der Waals surface area contributed by atoms with Crippen molar-refractivity contribution in [3.05, 3.63) is 58.9 Å². The van der Waals surface area contributed by atoms with Crippen LogP contribution in [-0.2, 0) is 9.53 Å². The van der Waals surface area contributed by atoms with Crippen LogP contribution in [0.4, 0.5) is 4.39 Å². The zero-order chi connectivity index (χ0) is 22.7. The summed E-state index contributed by atoms with van der Waals surface area (Å²) in [7, 11) is 1.36. The lowest BCUT2D eigenvalue weighted by Gasteiger charge is -2.57. The first-order valence-corrected chi connectivity index (χ1v) is 12.1. The minimum atomic E-state index is -0.564. The summed E-state index contributed by atoms with van der Waals surface area (Å²) >= 11 is 0. The van der Waals surface area contributed by atoms with E-state index in [9.17, 15) is 14.0 Å². The molecule has 6 atom stereocenters. The maximum Gasteiger partial charge on any atom is 0.334 e. The van der Waals surface area contributed by atoms with E-state index in [4.69, 9.17) is 4.74 Å². The molecule has 5 rings (SSSR count). The second-order valence-electron chi connectivity index (χ2n) is 11.0. The zero-order valence-corrected chi connectivity index (χ0v) is 19.3. The highest BCUT2D eigenvalue weighted by molar-refractivity contribution is 6.06. The molecule has 0 saturated heterocycles. The minimum absolute atomic E-state index is 0.120. The van der Waals surface area contributed by atoms with Crippen LogP contribution in [0.2, 0.25) is 0 Å². The Kier molecular flexibility index (Phi) is 5.18. The van der Waals surface area contributed by atoms with Gasteiger partial charge in [-0.3, -0.25) is 4.79 Å². The lowest BCUT2D eigenvalue weighted by atomic mass is 9.47. The molecule has 4 aliphatic carbocycles. The molecule has 4 aliphatic rings. The van der Waals surface area contributed by atoms with Gasteiger partial charge in [0.05, 0.1) is 13.0 Å². The summed E-state index contributed by atoms with van der Waals surface area (Å²) in [5.41, 5.74) is 2.41. The normalized spacial score (nSPS) is 38.0. The molecular formula is C28H33FO3. The molecule has 0 aromatic heterocycles. The number of methoxy groups -OCH3 is 1. The number of Topliss-reactive ketones (excluding diaryl/α,β-unsaturated/α-hetero) is 1. The highest BCUT2D eigenvalue weighted by Crippen LogP contribution is 2.65. The summed E-state index contributed by atoms with van der Waals surface area (Å²) in [4.78, 5) is 26.3. The molecule has 2 fully saturated rings. The van der Waals surface area contributed by atoms with Crippen molar-refractivity contribution < 1.29 is 18.7 Å². The molecule has 0 bridgehead atoms. The van der Waals surface area contributed by atoms with Gasteiger partial charge in [0.2, 0.25) is 0 Å². The van der Waals surface area contributed by atoms with Crippen molar-refractivity contribution >= 4 is 11.8 Å². The molecule has 0 radical (unpaired) electrons. The maximum absolute atomic E-state index is 13.6. The number of rotatable bonds is 3. The van der Waals surface area contributed by atoms with Gasteiger partial charge in [-0.2, -0.15) is 0 Å². The Bertz CT molecular complexity index is 1010. The third-order valence-electron chi connectivity index (χ3n) is 9.49. The molecule has 0 aliphatic heterocycles. The van der Waals surface area contributed by atoms with Gasteiger partial charge >= 0.3 is 5.97 Å². The molecule has 0 spiro atoms. The van der Waals surface area contributed by atoms with Crippen molar-refractivity contribution in [3.8, 4) is 0 Å². The number of carbonyl (C=O) groups is 2. The summed E-state index contributed by atoms with van der Waals surface area (Å²) in [6, 6.07) is 5.66. The second kappa shape index (κ2) is 7.67. The van der Waals surface area contributed by atoms with E-state index >= 15 is 0 Å². The number of ketones is 1. The Morgan fingerprint density at radius 3 is 2.53 bits per heavy atom. The van der Waals surface area contributed by atoms with Crippen molar-refractivity contribution in [2.45, 2.75) is 58.8 Å². The monoisotopic (exact) mass is 436 g/mol. The summed E-state index contributed by atoms with van der Waals surface area (Å²) in [6.07, 6.45) is 12.4. The second-order valence-corrected chi connectivity index (χ2v) is 11.0. The first kappa shape index (κ1) is 21.6. The molecule has 32 heavy (non-hydrogen) atoms. The van der Waals surface area contributed by atoms with E-state index in [1.165, 1.54) is 69.1 Å². The highest BCUT2D eigenvalue weighted by Gasteiger charge is 2.57. The van der Waals surface area contributed by atoms with E-state index < -0.39 is 11.9 Å². The Morgan fingerprint density at radius 2 is 1.81 bits per heavy atom. The summed E-state index contributed by atoms with van der Waals surface area (Å²) in [6.45, 7) is 4.79. The maximum atomic E-state index is 13.6. The molecule has 0 amide bonds. The summed E-state index contributed by atoms with van der Waals surface area (Å²) in [5.74, 6) is 0.437. The number of hydrogen-bond donors (Lipinski definition) is 0. The standard InChI is InChI=1S/C28H33FO3/c1-27-13-4-5-23(27)20-11-8-18-15-21(26(31)32-3)22(16-28(18,2)24(20)12-14-27)25(30)17-6-9-19(29)10-7-17/h6-10,15,20,22-24H,4-5,11-14,16H2,1-3H3/t20-,22?,23-,24-,27-,28-/m0/s1. The first-order chi connectivity index (χ1) is 15.3. The van der Waals surface area contributed by atoms with Crippen molar-refractivity contribution in [2.24, 2.45) is 34.5 Å². The molecule has 1 aromatic carbocycles. The number of halogens is 1. The van der Waals surface area contributed by atoms with Gasteiger partial charge in [-0.15, -0.1) is 0 Å². The number of ether oxygens (including phenoxy) is 1. The minimum Gasteiger partial charge on any atom is -0.466 e. The number of allylic oxidation sites excluding steroid dienone is 3. The fourth-order valence-electron chi connectivity index (χ4n) is 7.77. The van der Waals surface area contributed by atoms with Gasteiger partial charge in [-0.1, -0.05) is 26.3 Å². The van der Waals surface area contributed by atoms with E-state index in [1.54, 1.807) is 0 Å². The van der Waals surface area contributed by atoms with Crippen molar-refractivity contribution in [1.82, 2.24) is 0 Å². The average molecular weight is 437 g/mol. The van der Waals surface area contributed by atoms with Gasteiger partial charge in [0.1, 0.15) is 5.82 Å². The zero-order valence-electron chi connectivity index (χ0n) is 19.3. The summed E-state index contributed by atoms with van der Waals surface area (Å²) < 4.78 is 18.5. The first-order valence-electron chi connectivity index (χ1n) is 12.1. The van der Waals surface area contributed by atoms with Crippen LogP contribution in [0.1, 0.15) is 69.2 Å². The third-order valence-corrected chi connectivity index (χ3v) is 9.49. The number of carbonyl (C=O) groups excluding carboxylic acids is 2. The predicted octanol–water partition coefficient (Wildman–Crippen LogP) is 6.30. The van der Waals surface area contributed by atoms with Crippen LogP contribution in [0.15, 0.2) is 47.6 Å². The van der Waals surface area contributed by atoms with Gasteiger partial charge < -0.3 is 4.74 Å². The lowest BCUT2D eigenvalue weighted by molar-refractivity contribution is -0.137. The molecule has 0 heterocycles. The highest BCUT2D eigenvalue weighted by atomic mass is 19.1. The molecular weight excluding hydrogens is 403 g/mol. The summed E-state index contributed by atoms with van der Waals surface area (Å²) in [5, 5.41) is 0. The van der Waals surface area contributed by atoms with E-state index in [0.717, 1.165) is 12.3 Å². The largest absolute Gasteiger partial charge is 0.466 e. The van der Waals surface area contributed by atoms with Gasteiger partial charge in [0.15, 0.2) is 5.78 Å². The third kappa shape index (κ3) is 3.21. The van der Waals surface area contributed by atoms with Gasteiger partial charge in [-0.25, -0.2) is 9.18 Å². The molecule has 1 unspecified atom stereocenters. The molecule has 1 aromatic rings. The lowest BCUT2D eigenvalue weighted by Crippen LogP contribution is -2.49. The fraction of sp³-hybridized carbons (Fsp3) is 0.571. The molecule has 3 nitrogen and oxygen atoms in total. The number of hydrogen-bond acceptors (Lipinski definition) is 3. The topological polar surface area (TPSA) is 43.4 Å². The van der Waals surface area contributed by atoms with E-state index in [0.29, 0.717) is 34.8 Å². The van der Waals surface area contributed by atoms with Crippen molar-refractivity contribution in [2.75, 3.05) is 7.11 Å². The Balaban J connectivity index is 1.54. The van der Waals surface area contributed by atoms with Crippen LogP contribution in [-0.4, -0.2) is 18.9 Å². The fourth-order valence-corrected chi connectivity index (χ4v) is 7.77. The smallest absolute Gasteiger partial charge is 0.334 e. The molecule has 170 valence electrons. The number of benzene rings is 1.